The first kappa shape index (κ1) is 9.00. The van der Waals surface area contributed by atoms with Gasteiger partial charge in [0.1, 0.15) is 6.61 Å². The third-order valence-electron chi connectivity index (χ3n) is 2.74. The third kappa shape index (κ3) is 2.69. The predicted octanol–water partition coefficient (Wildman–Crippen LogP) is 1.29. The van der Waals surface area contributed by atoms with Gasteiger partial charge >= 0.3 is 0 Å². The molecule has 0 saturated carbocycles. The highest BCUT2D eigenvalue weighted by molar-refractivity contribution is 5.77. The SMILES string of the molecule is C1CCN(CCC2=NCCO2)CC1. The van der Waals surface area contributed by atoms with Crippen LogP contribution in [0.25, 0.3) is 0 Å². The molecule has 1 saturated heterocycles. The zero-order valence-electron chi connectivity index (χ0n) is 8.17. The van der Waals surface area contributed by atoms with Crippen molar-refractivity contribution in [1.82, 2.24) is 4.90 Å². The van der Waals surface area contributed by atoms with Crippen LogP contribution in [0.5, 0.6) is 0 Å². The summed E-state index contributed by atoms with van der Waals surface area (Å²) in [5.74, 6) is 0.977. The third-order valence-corrected chi connectivity index (χ3v) is 2.74. The summed E-state index contributed by atoms with van der Waals surface area (Å²) in [6, 6.07) is 0. The maximum Gasteiger partial charge on any atom is 0.184 e. The standard InChI is InChI=1S/C10H18N2O/c1-2-6-12(7-3-1)8-4-10-11-5-9-13-10/h1-9H2. The Labute approximate surface area is 79.8 Å². The van der Waals surface area contributed by atoms with Crippen molar-refractivity contribution in [2.75, 3.05) is 32.8 Å². The summed E-state index contributed by atoms with van der Waals surface area (Å²) in [5.41, 5.74) is 0. The van der Waals surface area contributed by atoms with E-state index in [1.807, 2.05) is 0 Å². The quantitative estimate of drug-likeness (QED) is 0.657. The molecule has 0 aromatic rings. The fourth-order valence-electron chi connectivity index (χ4n) is 1.97. The smallest absolute Gasteiger partial charge is 0.184 e. The van der Waals surface area contributed by atoms with Crippen molar-refractivity contribution in [3.8, 4) is 0 Å². The molecule has 2 rings (SSSR count). The molecular weight excluding hydrogens is 164 g/mol. The van der Waals surface area contributed by atoms with Crippen molar-refractivity contribution in [1.29, 1.82) is 0 Å². The number of likely N-dealkylation sites (tertiary alicyclic amines) is 1. The van der Waals surface area contributed by atoms with Gasteiger partial charge in [-0.15, -0.1) is 0 Å². The van der Waals surface area contributed by atoms with E-state index in [1.165, 1.54) is 32.4 Å². The molecule has 0 unspecified atom stereocenters. The molecule has 0 aromatic heterocycles. The molecule has 0 atom stereocenters. The molecule has 2 aliphatic rings. The Morgan fingerprint density at radius 2 is 2.08 bits per heavy atom. The zero-order chi connectivity index (χ0) is 8.93. The minimum absolute atomic E-state index is 0.801. The molecule has 0 spiro atoms. The second-order valence-electron chi connectivity index (χ2n) is 3.78. The van der Waals surface area contributed by atoms with Gasteiger partial charge in [0.25, 0.3) is 0 Å². The van der Waals surface area contributed by atoms with Crippen LogP contribution in [0.4, 0.5) is 0 Å². The van der Waals surface area contributed by atoms with Gasteiger partial charge in [-0.3, -0.25) is 4.99 Å². The molecule has 0 aromatic carbocycles. The molecule has 0 radical (unpaired) electrons. The van der Waals surface area contributed by atoms with Crippen molar-refractivity contribution in [3.05, 3.63) is 0 Å². The Balaban J connectivity index is 1.66. The van der Waals surface area contributed by atoms with Crippen LogP contribution in [0.2, 0.25) is 0 Å². The number of hydrogen-bond acceptors (Lipinski definition) is 3. The lowest BCUT2D eigenvalue weighted by atomic mass is 10.1. The Hall–Kier alpha value is -0.570. The normalized spacial score (nSPS) is 24.2. The van der Waals surface area contributed by atoms with Crippen molar-refractivity contribution in [2.45, 2.75) is 25.7 Å². The summed E-state index contributed by atoms with van der Waals surface area (Å²) in [6.07, 6.45) is 5.16. The summed E-state index contributed by atoms with van der Waals surface area (Å²) < 4.78 is 5.37. The van der Waals surface area contributed by atoms with Crippen LogP contribution in [0.1, 0.15) is 25.7 Å². The molecule has 3 nitrogen and oxygen atoms in total. The number of hydrogen-bond donors (Lipinski definition) is 0. The van der Waals surface area contributed by atoms with Gasteiger partial charge in [-0.05, 0) is 25.9 Å². The highest BCUT2D eigenvalue weighted by Gasteiger charge is 2.12. The van der Waals surface area contributed by atoms with Crippen LogP contribution in [-0.2, 0) is 4.74 Å². The average molecular weight is 182 g/mol. The van der Waals surface area contributed by atoms with Gasteiger partial charge in [-0.1, -0.05) is 6.42 Å². The topological polar surface area (TPSA) is 24.8 Å². The number of aliphatic imine (C=N–C) groups is 1. The fraction of sp³-hybridized carbons (Fsp3) is 0.900. The Kier molecular flexibility index (Phi) is 3.19. The first-order valence-corrected chi connectivity index (χ1v) is 5.33. The van der Waals surface area contributed by atoms with Crippen molar-refractivity contribution in [3.63, 3.8) is 0 Å². The molecule has 2 heterocycles. The Morgan fingerprint density at radius 1 is 1.23 bits per heavy atom. The zero-order valence-corrected chi connectivity index (χ0v) is 8.17. The maximum absolute atomic E-state index is 5.37. The fourth-order valence-corrected chi connectivity index (χ4v) is 1.97. The average Bonchev–Trinajstić information content (AvgIpc) is 2.69. The largest absolute Gasteiger partial charge is 0.479 e. The molecular formula is C10H18N2O. The number of nitrogens with zero attached hydrogens (tertiary/aromatic N) is 2. The van der Waals surface area contributed by atoms with Gasteiger partial charge in [0.15, 0.2) is 5.90 Å². The van der Waals surface area contributed by atoms with Gasteiger partial charge in [0.05, 0.1) is 6.54 Å². The summed E-state index contributed by atoms with van der Waals surface area (Å²) >= 11 is 0. The van der Waals surface area contributed by atoms with Gasteiger partial charge in [-0.25, -0.2) is 0 Å². The first-order valence-electron chi connectivity index (χ1n) is 5.33. The van der Waals surface area contributed by atoms with Gasteiger partial charge in [0.2, 0.25) is 0 Å². The number of ether oxygens (including phenoxy) is 1. The minimum Gasteiger partial charge on any atom is -0.479 e. The monoisotopic (exact) mass is 182 g/mol. The lowest BCUT2D eigenvalue weighted by Gasteiger charge is -2.25. The lowest BCUT2D eigenvalue weighted by molar-refractivity contribution is 0.228. The van der Waals surface area contributed by atoms with E-state index in [-0.39, 0.29) is 0 Å². The minimum atomic E-state index is 0.801. The molecule has 0 aliphatic carbocycles. The maximum atomic E-state index is 5.37. The van der Waals surface area contributed by atoms with E-state index in [0.717, 1.165) is 32.0 Å². The summed E-state index contributed by atoms with van der Waals surface area (Å²) in [6.45, 7) is 5.35. The van der Waals surface area contributed by atoms with Crippen molar-refractivity contribution >= 4 is 5.90 Å². The van der Waals surface area contributed by atoms with E-state index >= 15 is 0 Å². The van der Waals surface area contributed by atoms with Crippen LogP contribution >= 0.6 is 0 Å². The molecule has 0 bridgehead atoms. The molecule has 3 heteroatoms. The van der Waals surface area contributed by atoms with E-state index in [2.05, 4.69) is 9.89 Å². The number of piperidine rings is 1. The van der Waals surface area contributed by atoms with Crippen LogP contribution in [0, 0.1) is 0 Å². The number of rotatable bonds is 3. The molecule has 74 valence electrons. The van der Waals surface area contributed by atoms with E-state index in [9.17, 15) is 0 Å². The molecule has 0 amide bonds. The molecule has 13 heavy (non-hydrogen) atoms. The van der Waals surface area contributed by atoms with Crippen molar-refractivity contribution < 1.29 is 4.74 Å². The molecule has 1 fully saturated rings. The van der Waals surface area contributed by atoms with Crippen LogP contribution in [-0.4, -0.2) is 43.6 Å². The van der Waals surface area contributed by atoms with Crippen LogP contribution in [0.3, 0.4) is 0 Å². The van der Waals surface area contributed by atoms with E-state index in [0.29, 0.717) is 0 Å². The van der Waals surface area contributed by atoms with E-state index in [4.69, 9.17) is 4.74 Å². The van der Waals surface area contributed by atoms with Crippen LogP contribution < -0.4 is 0 Å². The second-order valence-corrected chi connectivity index (χ2v) is 3.78. The van der Waals surface area contributed by atoms with E-state index in [1.54, 1.807) is 0 Å². The highest BCUT2D eigenvalue weighted by atomic mass is 16.5. The summed E-state index contributed by atoms with van der Waals surface area (Å²) in [7, 11) is 0. The second kappa shape index (κ2) is 4.61. The van der Waals surface area contributed by atoms with Crippen LogP contribution in [0.15, 0.2) is 4.99 Å². The van der Waals surface area contributed by atoms with Crippen molar-refractivity contribution in [2.24, 2.45) is 4.99 Å². The molecule has 2 aliphatic heterocycles. The van der Waals surface area contributed by atoms with E-state index < -0.39 is 0 Å². The molecule has 0 N–H and O–H groups in total. The van der Waals surface area contributed by atoms with Gasteiger partial charge in [0, 0.05) is 13.0 Å². The lowest BCUT2D eigenvalue weighted by Crippen LogP contribution is -2.31. The Bertz CT molecular complexity index is 185. The Morgan fingerprint density at radius 3 is 2.77 bits per heavy atom. The summed E-state index contributed by atoms with van der Waals surface area (Å²) in [5, 5.41) is 0. The predicted molar refractivity (Wildman–Crippen MR) is 53.2 cm³/mol. The summed E-state index contributed by atoms with van der Waals surface area (Å²) in [4.78, 5) is 6.81. The van der Waals surface area contributed by atoms with Gasteiger partial charge in [-0.2, -0.15) is 0 Å². The van der Waals surface area contributed by atoms with Gasteiger partial charge < -0.3 is 9.64 Å². The first-order chi connectivity index (χ1) is 6.45. The highest BCUT2D eigenvalue weighted by Crippen LogP contribution is 2.09.